The first-order valence-electron chi connectivity index (χ1n) is 6.33. The highest BCUT2D eigenvalue weighted by atomic mass is 35.5. The van der Waals surface area contributed by atoms with Gasteiger partial charge in [0, 0.05) is 24.7 Å². The SMILES string of the molecule is Nc1cc(Cl)c(NCCC(=O)NC2CC2)c(C(=O)O)c1. The molecule has 0 radical (unpaired) electrons. The molecule has 2 rings (SSSR count). The van der Waals surface area contributed by atoms with Crippen molar-refractivity contribution in [3.63, 3.8) is 0 Å². The van der Waals surface area contributed by atoms with E-state index in [-0.39, 0.29) is 34.3 Å². The maximum absolute atomic E-state index is 11.5. The second-order valence-corrected chi connectivity index (χ2v) is 5.16. The third kappa shape index (κ3) is 3.77. The molecule has 6 nitrogen and oxygen atoms in total. The molecule has 1 aliphatic rings. The Bertz CT molecular complexity index is 544. The Labute approximate surface area is 121 Å². The van der Waals surface area contributed by atoms with Crippen molar-refractivity contribution in [1.82, 2.24) is 5.32 Å². The molecule has 20 heavy (non-hydrogen) atoms. The van der Waals surface area contributed by atoms with Gasteiger partial charge < -0.3 is 21.5 Å². The fraction of sp³-hybridized carbons (Fsp3) is 0.385. The van der Waals surface area contributed by atoms with E-state index in [2.05, 4.69) is 10.6 Å². The number of carbonyl (C=O) groups excluding carboxylic acids is 1. The van der Waals surface area contributed by atoms with Crippen molar-refractivity contribution < 1.29 is 14.7 Å². The van der Waals surface area contributed by atoms with Gasteiger partial charge in [-0.05, 0) is 25.0 Å². The summed E-state index contributed by atoms with van der Waals surface area (Å²) in [5.41, 5.74) is 6.13. The molecule has 0 heterocycles. The molecule has 1 aromatic carbocycles. The second-order valence-electron chi connectivity index (χ2n) is 4.75. The van der Waals surface area contributed by atoms with Crippen molar-refractivity contribution in [1.29, 1.82) is 0 Å². The molecule has 1 aliphatic carbocycles. The molecule has 1 saturated carbocycles. The molecule has 0 bridgehead atoms. The fourth-order valence-electron chi connectivity index (χ4n) is 1.80. The minimum absolute atomic E-state index is 0.00222. The smallest absolute Gasteiger partial charge is 0.337 e. The average Bonchev–Trinajstić information content (AvgIpc) is 3.14. The lowest BCUT2D eigenvalue weighted by atomic mass is 10.1. The lowest BCUT2D eigenvalue weighted by molar-refractivity contribution is -0.120. The number of anilines is 2. The number of carboxylic acids is 1. The summed E-state index contributed by atoms with van der Waals surface area (Å²) in [4.78, 5) is 22.7. The zero-order valence-corrected chi connectivity index (χ0v) is 11.5. The minimum atomic E-state index is -1.12. The van der Waals surface area contributed by atoms with Crippen LogP contribution in [0.25, 0.3) is 0 Å². The summed E-state index contributed by atoms with van der Waals surface area (Å²) < 4.78 is 0. The number of benzene rings is 1. The summed E-state index contributed by atoms with van der Waals surface area (Å²) in [6, 6.07) is 3.12. The zero-order chi connectivity index (χ0) is 14.7. The minimum Gasteiger partial charge on any atom is -0.478 e. The van der Waals surface area contributed by atoms with E-state index in [1.807, 2.05) is 0 Å². The number of nitrogen functional groups attached to an aromatic ring is 1. The molecule has 0 unspecified atom stereocenters. The van der Waals surface area contributed by atoms with E-state index >= 15 is 0 Å². The molecule has 108 valence electrons. The Morgan fingerprint density at radius 3 is 2.70 bits per heavy atom. The van der Waals surface area contributed by atoms with Crippen molar-refractivity contribution in [2.24, 2.45) is 0 Å². The van der Waals surface area contributed by atoms with Crippen molar-refractivity contribution >= 4 is 34.9 Å². The number of rotatable bonds is 6. The van der Waals surface area contributed by atoms with Crippen molar-refractivity contribution in [3.8, 4) is 0 Å². The summed E-state index contributed by atoms with van der Waals surface area (Å²) in [6.45, 7) is 0.308. The van der Waals surface area contributed by atoms with Gasteiger partial charge in [0.25, 0.3) is 0 Å². The first-order chi connectivity index (χ1) is 9.47. The Kier molecular flexibility index (Phi) is 4.34. The predicted octanol–water partition coefficient (Wildman–Crippen LogP) is 1.70. The van der Waals surface area contributed by atoms with E-state index < -0.39 is 5.97 Å². The maximum Gasteiger partial charge on any atom is 0.337 e. The highest BCUT2D eigenvalue weighted by Gasteiger charge is 2.23. The summed E-state index contributed by atoms with van der Waals surface area (Å²) in [6.07, 6.45) is 2.33. The predicted molar refractivity (Wildman–Crippen MR) is 77.1 cm³/mol. The number of hydrogen-bond donors (Lipinski definition) is 4. The van der Waals surface area contributed by atoms with Crippen molar-refractivity contribution in [3.05, 3.63) is 22.7 Å². The molecule has 5 N–H and O–H groups in total. The molecule has 1 aromatic rings. The van der Waals surface area contributed by atoms with E-state index in [0.29, 0.717) is 12.6 Å². The highest BCUT2D eigenvalue weighted by molar-refractivity contribution is 6.34. The van der Waals surface area contributed by atoms with Gasteiger partial charge in [0.05, 0.1) is 16.3 Å². The zero-order valence-electron chi connectivity index (χ0n) is 10.8. The van der Waals surface area contributed by atoms with Crippen LogP contribution >= 0.6 is 11.6 Å². The van der Waals surface area contributed by atoms with Crippen LogP contribution in [0.4, 0.5) is 11.4 Å². The second kappa shape index (κ2) is 6.00. The van der Waals surface area contributed by atoms with Crippen LogP contribution in [-0.4, -0.2) is 29.6 Å². The lowest BCUT2D eigenvalue weighted by Crippen LogP contribution is -2.27. The monoisotopic (exact) mass is 297 g/mol. The van der Waals surface area contributed by atoms with Crippen LogP contribution in [0, 0.1) is 0 Å². The largest absolute Gasteiger partial charge is 0.478 e. The molecule has 0 atom stereocenters. The number of hydrogen-bond acceptors (Lipinski definition) is 4. The van der Waals surface area contributed by atoms with Gasteiger partial charge in [0.2, 0.25) is 5.91 Å². The van der Waals surface area contributed by atoms with Gasteiger partial charge in [0.15, 0.2) is 0 Å². The van der Waals surface area contributed by atoms with Gasteiger partial charge in [-0.3, -0.25) is 4.79 Å². The third-order valence-corrected chi connectivity index (χ3v) is 3.24. The van der Waals surface area contributed by atoms with Gasteiger partial charge >= 0.3 is 5.97 Å². The number of halogens is 1. The van der Waals surface area contributed by atoms with Crippen LogP contribution in [0.2, 0.25) is 5.02 Å². The standard InChI is InChI=1S/C13H16ClN3O3/c14-10-6-7(15)5-9(13(19)20)12(10)16-4-3-11(18)17-8-1-2-8/h5-6,8,16H,1-4,15H2,(H,17,18)(H,19,20). The molecule has 0 aromatic heterocycles. The van der Waals surface area contributed by atoms with E-state index in [1.54, 1.807) is 0 Å². The van der Waals surface area contributed by atoms with Gasteiger partial charge in [-0.2, -0.15) is 0 Å². The third-order valence-electron chi connectivity index (χ3n) is 2.94. The summed E-state index contributed by atoms with van der Waals surface area (Å²) >= 11 is 5.98. The molecule has 0 saturated heterocycles. The Balaban J connectivity index is 1.97. The van der Waals surface area contributed by atoms with Crippen LogP contribution in [0.1, 0.15) is 29.6 Å². The van der Waals surface area contributed by atoms with Crippen LogP contribution in [0.5, 0.6) is 0 Å². The molecular formula is C13H16ClN3O3. The lowest BCUT2D eigenvalue weighted by Gasteiger charge is -2.12. The van der Waals surface area contributed by atoms with Crippen molar-refractivity contribution in [2.75, 3.05) is 17.6 Å². The summed E-state index contributed by atoms with van der Waals surface area (Å²) in [5.74, 6) is -1.17. The number of nitrogens with two attached hydrogens (primary N) is 1. The molecule has 7 heteroatoms. The topological polar surface area (TPSA) is 104 Å². The number of carboxylic acid groups (broad SMARTS) is 1. The van der Waals surface area contributed by atoms with E-state index in [1.165, 1.54) is 12.1 Å². The Morgan fingerprint density at radius 2 is 2.10 bits per heavy atom. The number of carbonyl (C=O) groups is 2. The van der Waals surface area contributed by atoms with E-state index in [4.69, 9.17) is 22.4 Å². The van der Waals surface area contributed by atoms with Crippen LogP contribution in [-0.2, 0) is 4.79 Å². The van der Waals surface area contributed by atoms with Gasteiger partial charge in [-0.25, -0.2) is 4.79 Å². The Hall–Kier alpha value is -1.95. The highest BCUT2D eigenvalue weighted by Crippen LogP contribution is 2.29. The first kappa shape index (κ1) is 14.5. The quantitative estimate of drug-likeness (QED) is 0.598. The van der Waals surface area contributed by atoms with Crippen LogP contribution in [0.15, 0.2) is 12.1 Å². The summed E-state index contributed by atoms with van der Waals surface area (Å²) in [7, 11) is 0. The normalized spacial score (nSPS) is 13.8. The van der Waals surface area contributed by atoms with Gasteiger partial charge in [0.1, 0.15) is 0 Å². The first-order valence-corrected chi connectivity index (χ1v) is 6.70. The average molecular weight is 298 g/mol. The summed E-state index contributed by atoms with van der Waals surface area (Å²) in [5, 5.41) is 15.1. The maximum atomic E-state index is 11.5. The van der Waals surface area contributed by atoms with Gasteiger partial charge in [-0.15, -0.1) is 0 Å². The number of amides is 1. The van der Waals surface area contributed by atoms with E-state index in [9.17, 15) is 9.59 Å². The van der Waals surface area contributed by atoms with E-state index in [0.717, 1.165) is 12.8 Å². The van der Waals surface area contributed by atoms with Gasteiger partial charge in [-0.1, -0.05) is 11.6 Å². The van der Waals surface area contributed by atoms with Crippen LogP contribution in [0.3, 0.4) is 0 Å². The number of aromatic carboxylic acids is 1. The Morgan fingerprint density at radius 1 is 1.40 bits per heavy atom. The molecule has 0 aliphatic heterocycles. The number of nitrogens with one attached hydrogen (secondary N) is 2. The van der Waals surface area contributed by atoms with Crippen LogP contribution < -0.4 is 16.4 Å². The molecule has 1 amide bonds. The molecule has 1 fully saturated rings. The molecular weight excluding hydrogens is 282 g/mol. The van der Waals surface area contributed by atoms with Crippen molar-refractivity contribution in [2.45, 2.75) is 25.3 Å². The fourth-order valence-corrected chi connectivity index (χ4v) is 2.10. The molecule has 0 spiro atoms.